The molecular formula is C12H10ClN5O2. The number of halogens is 1. The Hall–Kier alpha value is -2.28. The lowest BCUT2D eigenvalue weighted by molar-refractivity contribution is 0.695. The van der Waals surface area contributed by atoms with Crippen LogP contribution in [0, 0.1) is 0 Å². The number of nitrogens with zero attached hydrogens (tertiary/aromatic N) is 4. The van der Waals surface area contributed by atoms with Gasteiger partial charge in [-0.3, -0.25) is 19.3 Å². The Kier molecular flexibility index (Phi) is 2.98. The molecule has 2 aromatic heterocycles. The first-order valence-electron chi connectivity index (χ1n) is 6.02. The third kappa shape index (κ3) is 1.87. The van der Waals surface area contributed by atoms with Crippen LogP contribution in [0.2, 0.25) is 5.15 Å². The highest BCUT2D eigenvalue weighted by molar-refractivity contribution is 6.33. The van der Waals surface area contributed by atoms with Crippen LogP contribution >= 0.6 is 11.6 Å². The molecule has 0 aromatic carbocycles. The van der Waals surface area contributed by atoms with E-state index in [4.69, 9.17) is 11.6 Å². The van der Waals surface area contributed by atoms with E-state index in [-0.39, 0.29) is 11.6 Å². The van der Waals surface area contributed by atoms with Crippen LogP contribution in [0.4, 0.5) is 5.82 Å². The van der Waals surface area contributed by atoms with Gasteiger partial charge in [-0.15, -0.1) is 0 Å². The van der Waals surface area contributed by atoms with Gasteiger partial charge < -0.3 is 0 Å². The normalized spacial score (nSPS) is 13.2. The molecule has 3 heterocycles. The highest BCUT2D eigenvalue weighted by Crippen LogP contribution is 2.26. The summed E-state index contributed by atoms with van der Waals surface area (Å²) in [5.74, 6) is 0.373. The molecule has 0 saturated carbocycles. The van der Waals surface area contributed by atoms with E-state index in [0.717, 1.165) is 0 Å². The Morgan fingerprint density at radius 2 is 2.10 bits per heavy atom. The van der Waals surface area contributed by atoms with Crippen molar-refractivity contribution in [2.75, 3.05) is 0 Å². The van der Waals surface area contributed by atoms with Gasteiger partial charge in [0.05, 0.1) is 11.3 Å². The van der Waals surface area contributed by atoms with E-state index in [0.29, 0.717) is 29.3 Å². The first kappa shape index (κ1) is 12.7. The summed E-state index contributed by atoms with van der Waals surface area (Å²) < 4.78 is 1.41. The summed E-state index contributed by atoms with van der Waals surface area (Å²) in [5, 5.41) is 0.223. The highest BCUT2D eigenvalue weighted by atomic mass is 35.5. The Labute approximate surface area is 118 Å². The maximum absolute atomic E-state index is 11.9. The number of nitrogens with one attached hydrogen (secondary N) is 1. The van der Waals surface area contributed by atoms with Gasteiger partial charge in [0, 0.05) is 25.4 Å². The van der Waals surface area contributed by atoms with E-state index < -0.39 is 11.2 Å². The second kappa shape index (κ2) is 4.68. The molecule has 102 valence electrons. The van der Waals surface area contributed by atoms with Crippen LogP contribution < -0.4 is 11.2 Å². The Bertz CT molecular complexity index is 836. The molecule has 3 rings (SSSR count). The highest BCUT2D eigenvalue weighted by Gasteiger charge is 2.25. The zero-order valence-corrected chi connectivity index (χ0v) is 11.3. The molecule has 1 aliphatic rings. The molecule has 0 atom stereocenters. The number of H-pyrrole nitrogens is 1. The predicted molar refractivity (Wildman–Crippen MR) is 73.9 cm³/mol. The van der Waals surface area contributed by atoms with E-state index >= 15 is 0 Å². The smallest absolute Gasteiger partial charge is 0.278 e. The van der Waals surface area contributed by atoms with Crippen LogP contribution in [0.5, 0.6) is 0 Å². The number of aromatic nitrogens is 4. The SMILES string of the molecule is CCn1c2c(c(=O)[nH]c1=O)CC(c1nccnc1Cl)=N2. The van der Waals surface area contributed by atoms with Crippen LogP contribution in [0.25, 0.3) is 0 Å². The predicted octanol–water partition coefficient (Wildman–Crippen LogP) is 0.677. The number of rotatable bonds is 2. The van der Waals surface area contributed by atoms with Crippen LogP contribution in [-0.2, 0) is 13.0 Å². The Morgan fingerprint density at radius 3 is 2.80 bits per heavy atom. The molecule has 0 unspecified atom stereocenters. The summed E-state index contributed by atoms with van der Waals surface area (Å²) in [6, 6.07) is 0. The molecule has 0 radical (unpaired) electrons. The monoisotopic (exact) mass is 291 g/mol. The van der Waals surface area contributed by atoms with Gasteiger partial charge in [0.2, 0.25) is 0 Å². The lowest BCUT2D eigenvalue weighted by atomic mass is 10.1. The third-order valence-corrected chi connectivity index (χ3v) is 3.37. The van der Waals surface area contributed by atoms with Crippen LogP contribution in [0.15, 0.2) is 27.0 Å². The average molecular weight is 292 g/mol. The molecule has 8 heteroatoms. The largest absolute Gasteiger partial charge is 0.329 e. The maximum atomic E-state index is 11.9. The molecule has 0 spiro atoms. The van der Waals surface area contributed by atoms with Crippen LogP contribution in [0.3, 0.4) is 0 Å². The maximum Gasteiger partial charge on any atom is 0.329 e. The van der Waals surface area contributed by atoms with E-state index in [2.05, 4.69) is 19.9 Å². The second-order valence-corrected chi connectivity index (χ2v) is 4.59. The quantitative estimate of drug-likeness (QED) is 0.880. The van der Waals surface area contributed by atoms with Gasteiger partial charge >= 0.3 is 5.69 Å². The van der Waals surface area contributed by atoms with Crippen molar-refractivity contribution in [2.45, 2.75) is 19.9 Å². The van der Waals surface area contributed by atoms with Crippen molar-refractivity contribution in [1.82, 2.24) is 19.5 Å². The molecule has 0 amide bonds. The number of aromatic amines is 1. The third-order valence-electron chi connectivity index (χ3n) is 3.09. The number of aliphatic imine (C=N–C) groups is 1. The minimum atomic E-state index is -0.466. The number of fused-ring (bicyclic) bond motifs is 1. The van der Waals surface area contributed by atoms with Crippen molar-refractivity contribution in [3.63, 3.8) is 0 Å². The standard InChI is InChI=1S/C12H10ClN5O2/c1-2-18-10-6(11(19)17-12(18)20)5-7(16-10)8-9(13)15-4-3-14-8/h3-4H,2,5H2,1H3,(H,17,19,20). The Balaban J connectivity index is 2.20. The van der Waals surface area contributed by atoms with Crippen molar-refractivity contribution < 1.29 is 0 Å². The molecular weight excluding hydrogens is 282 g/mol. The van der Waals surface area contributed by atoms with Gasteiger partial charge in [-0.05, 0) is 6.92 Å². The van der Waals surface area contributed by atoms with Gasteiger partial charge in [-0.2, -0.15) is 0 Å². The first-order chi connectivity index (χ1) is 9.61. The molecule has 7 nitrogen and oxygen atoms in total. The van der Waals surface area contributed by atoms with Crippen LogP contribution in [-0.4, -0.2) is 25.2 Å². The minimum Gasteiger partial charge on any atom is -0.278 e. The lowest BCUT2D eigenvalue weighted by Crippen LogP contribution is -2.31. The summed E-state index contributed by atoms with van der Waals surface area (Å²) >= 11 is 5.98. The molecule has 0 aliphatic carbocycles. The summed E-state index contributed by atoms with van der Waals surface area (Å²) in [6.07, 6.45) is 3.26. The molecule has 2 aromatic rings. The lowest BCUT2D eigenvalue weighted by Gasteiger charge is -2.04. The molecule has 0 fully saturated rings. The van der Waals surface area contributed by atoms with E-state index in [9.17, 15) is 9.59 Å². The molecule has 0 bridgehead atoms. The van der Waals surface area contributed by atoms with Gasteiger partial charge in [-0.1, -0.05) is 11.6 Å². The summed E-state index contributed by atoms with van der Waals surface area (Å²) in [7, 11) is 0. The van der Waals surface area contributed by atoms with Crippen molar-refractivity contribution in [3.05, 3.63) is 49.6 Å². The molecule has 1 N–H and O–H groups in total. The zero-order valence-electron chi connectivity index (χ0n) is 10.6. The fourth-order valence-electron chi connectivity index (χ4n) is 2.17. The average Bonchev–Trinajstić information content (AvgIpc) is 2.85. The van der Waals surface area contributed by atoms with Crippen molar-refractivity contribution in [1.29, 1.82) is 0 Å². The topological polar surface area (TPSA) is 93.0 Å². The van der Waals surface area contributed by atoms with Gasteiger partial charge in [0.1, 0.15) is 11.5 Å². The van der Waals surface area contributed by atoms with Crippen molar-refractivity contribution in [2.24, 2.45) is 4.99 Å². The minimum absolute atomic E-state index is 0.223. The van der Waals surface area contributed by atoms with Crippen molar-refractivity contribution in [3.8, 4) is 0 Å². The van der Waals surface area contributed by atoms with Gasteiger partial charge in [0.25, 0.3) is 5.56 Å². The van der Waals surface area contributed by atoms with Gasteiger partial charge in [-0.25, -0.2) is 14.8 Å². The van der Waals surface area contributed by atoms with Gasteiger partial charge in [0.15, 0.2) is 5.15 Å². The zero-order chi connectivity index (χ0) is 14.3. The fraction of sp³-hybridized carbons (Fsp3) is 0.250. The number of hydrogen-bond acceptors (Lipinski definition) is 5. The summed E-state index contributed by atoms with van der Waals surface area (Å²) in [6.45, 7) is 2.23. The molecule has 0 saturated heterocycles. The van der Waals surface area contributed by atoms with Crippen LogP contribution in [0.1, 0.15) is 18.2 Å². The number of hydrogen-bond donors (Lipinski definition) is 1. The molecule has 20 heavy (non-hydrogen) atoms. The van der Waals surface area contributed by atoms with Crippen molar-refractivity contribution >= 4 is 23.1 Å². The van der Waals surface area contributed by atoms with E-state index in [1.807, 2.05) is 6.92 Å². The first-order valence-corrected chi connectivity index (χ1v) is 6.40. The fourth-order valence-corrected chi connectivity index (χ4v) is 2.38. The molecule has 1 aliphatic heterocycles. The van der Waals surface area contributed by atoms with E-state index in [1.165, 1.54) is 17.0 Å². The second-order valence-electron chi connectivity index (χ2n) is 4.24. The summed E-state index contributed by atoms with van der Waals surface area (Å²) in [5.41, 5.74) is 0.527. The van der Waals surface area contributed by atoms with E-state index in [1.54, 1.807) is 0 Å². The Morgan fingerprint density at radius 1 is 1.35 bits per heavy atom. The summed E-state index contributed by atoms with van der Waals surface area (Å²) in [4.78, 5) is 38.3.